The summed E-state index contributed by atoms with van der Waals surface area (Å²) in [5, 5.41) is 0. The van der Waals surface area contributed by atoms with Gasteiger partial charge in [0.25, 0.3) is 10.1 Å². The molecule has 0 saturated heterocycles. The molecule has 0 N–H and O–H groups in total. The molecule has 5 heteroatoms. The van der Waals surface area contributed by atoms with Gasteiger partial charge in [0, 0.05) is 0 Å². The lowest BCUT2D eigenvalue weighted by Crippen LogP contribution is -2.54. The highest BCUT2D eigenvalue weighted by Crippen LogP contribution is 2.54. The normalized spacial score (nSPS) is 15.4. The zero-order valence-electron chi connectivity index (χ0n) is 12.3. The first kappa shape index (κ1) is 17.3. The van der Waals surface area contributed by atoms with Crippen molar-refractivity contribution in [1.29, 1.82) is 0 Å². The van der Waals surface area contributed by atoms with Gasteiger partial charge in [0.2, 0.25) is 0 Å². The van der Waals surface area contributed by atoms with E-state index in [4.69, 9.17) is 4.18 Å². The van der Waals surface area contributed by atoms with Gasteiger partial charge in [0.15, 0.2) is 0 Å². The number of hydrogen-bond donors (Lipinski definition) is 0. The smallest absolute Gasteiger partial charge is 0.267 e. The fourth-order valence-corrected chi connectivity index (χ4v) is 4.53. The zero-order chi connectivity index (χ0) is 14.3. The van der Waals surface area contributed by atoms with E-state index < -0.39 is 25.4 Å². The molecule has 0 aliphatic rings. The van der Waals surface area contributed by atoms with Crippen molar-refractivity contribution in [1.82, 2.24) is 0 Å². The summed E-state index contributed by atoms with van der Waals surface area (Å²) in [7, 11) is -1.14. The van der Waals surface area contributed by atoms with Gasteiger partial charge in [-0.2, -0.15) is 8.42 Å². The quantitative estimate of drug-likeness (QED) is 0.588. The van der Waals surface area contributed by atoms with Gasteiger partial charge in [0.1, 0.15) is 4.49 Å². The highest BCUT2D eigenvalue weighted by atomic mass is 32.2. The Labute approximate surface area is 109 Å². The van der Waals surface area contributed by atoms with Crippen LogP contribution in [0.3, 0.4) is 0 Å². The van der Waals surface area contributed by atoms with Crippen molar-refractivity contribution < 1.29 is 12.6 Å². The van der Waals surface area contributed by atoms with Crippen LogP contribution >= 0.6 is 9.24 Å². The third kappa shape index (κ3) is 3.21. The highest BCUT2D eigenvalue weighted by Gasteiger charge is 2.57. The molecule has 1 unspecified atom stereocenters. The van der Waals surface area contributed by atoms with E-state index in [0.29, 0.717) is 0 Å². The predicted octanol–water partition coefficient (Wildman–Crippen LogP) is 3.40. The van der Waals surface area contributed by atoms with E-state index in [0.717, 1.165) is 0 Å². The van der Waals surface area contributed by atoms with Crippen molar-refractivity contribution in [2.24, 2.45) is 10.8 Å². The molecule has 0 spiro atoms. The van der Waals surface area contributed by atoms with Gasteiger partial charge in [-0.3, -0.25) is 4.18 Å². The Bertz CT molecular complexity index is 344. The van der Waals surface area contributed by atoms with Gasteiger partial charge in [-0.1, -0.05) is 41.5 Å². The second-order valence-corrected chi connectivity index (χ2v) is 9.86. The zero-order valence-corrected chi connectivity index (χ0v) is 14.3. The lowest BCUT2D eigenvalue weighted by atomic mass is 9.76. The SMILES string of the molecule is CC(C)OS(=O)(=O)C(P)(C(C)(C)C)C(C)(C)C. The molecule has 0 amide bonds. The molecule has 0 rings (SSSR count). The van der Waals surface area contributed by atoms with Gasteiger partial charge in [0.05, 0.1) is 6.10 Å². The summed E-state index contributed by atoms with van der Waals surface area (Å²) in [6.07, 6.45) is -0.343. The molecule has 0 saturated carbocycles. The van der Waals surface area contributed by atoms with E-state index >= 15 is 0 Å². The van der Waals surface area contributed by atoms with Crippen LogP contribution in [0.4, 0.5) is 0 Å². The first-order chi connectivity index (χ1) is 7.17. The van der Waals surface area contributed by atoms with Crippen LogP contribution in [-0.2, 0) is 14.3 Å². The van der Waals surface area contributed by atoms with Gasteiger partial charge >= 0.3 is 0 Å². The molecule has 0 aromatic rings. The van der Waals surface area contributed by atoms with Crippen molar-refractivity contribution in [3.63, 3.8) is 0 Å². The first-order valence-electron chi connectivity index (χ1n) is 5.88. The molecule has 0 aromatic carbocycles. The average Bonchev–Trinajstić information content (AvgIpc) is 1.95. The Morgan fingerprint density at radius 1 is 0.941 bits per heavy atom. The minimum Gasteiger partial charge on any atom is -0.267 e. The Hall–Kier alpha value is 0.340. The predicted molar refractivity (Wildman–Crippen MR) is 76.5 cm³/mol. The maximum atomic E-state index is 12.5. The number of rotatable bonds is 3. The summed E-state index contributed by atoms with van der Waals surface area (Å²) in [6.45, 7) is 15.0. The maximum absolute atomic E-state index is 12.5. The van der Waals surface area contributed by atoms with Crippen LogP contribution in [-0.4, -0.2) is 19.0 Å². The van der Waals surface area contributed by atoms with E-state index in [1.165, 1.54) is 0 Å². The molecular weight excluding hydrogens is 255 g/mol. The second kappa shape index (κ2) is 4.79. The Morgan fingerprint density at radius 3 is 1.41 bits per heavy atom. The lowest BCUT2D eigenvalue weighted by molar-refractivity contribution is 0.168. The Kier molecular flexibility index (Phi) is 4.88. The van der Waals surface area contributed by atoms with Crippen molar-refractivity contribution in [3.8, 4) is 0 Å². The van der Waals surface area contributed by atoms with E-state index in [2.05, 4.69) is 9.24 Å². The van der Waals surface area contributed by atoms with Gasteiger partial charge < -0.3 is 0 Å². The van der Waals surface area contributed by atoms with Crippen LogP contribution in [0.5, 0.6) is 0 Å². The van der Waals surface area contributed by atoms with Crippen LogP contribution in [0.2, 0.25) is 0 Å². The molecule has 0 aromatic heterocycles. The molecular formula is C12H27O3PS. The fraction of sp³-hybridized carbons (Fsp3) is 1.00. The van der Waals surface area contributed by atoms with Crippen LogP contribution < -0.4 is 0 Å². The fourth-order valence-electron chi connectivity index (χ4n) is 2.20. The van der Waals surface area contributed by atoms with Crippen molar-refractivity contribution in [3.05, 3.63) is 0 Å². The minimum absolute atomic E-state index is 0.343. The van der Waals surface area contributed by atoms with Gasteiger partial charge in [-0.25, -0.2) is 0 Å². The monoisotopic (exact) mass is 282 g/mol. The third-order valence-corrected chi connectivity index (χ3v) is 8.19. The summed E-state index contributed by atoms with van der Waals surface area (Å²) >= 11 is 0. The third-order valence-electron chi connectivity index (χ3n) is 2.94. The standard InChI is InChI=1S/C12H27O3PS/c1-9(2)15-17(13,14)12(16,10(3,4)5)11(6,7)8/h9H,16H2,1-8H3. The molecule has 0 aliphatic heterocycles. The largest absolute Gasteiger partial charge is 0.277 e. The molecule has 0 heterocycles. The van der Waals surface area contributed by atoms with Gasteiger partial charge in [-0.15, -0.1) is 9.24 Å². The molecule has 1 atom stereocenters. The molecule has 0 bridgehead atoms. The highest BCUT2D eigenvalue weighted by molar-refractivity contribution is 7.92. The van der Waals surface area contributed by atoms with Crippen LogP contribution in [0, 0.1) is 10.8 Å². The molecule has 17 heavy (non-hydrogen) atoms. The molecule has 0 fully saturated rings. The maximum Gasteiger partial charge on any atom is 0.277 e. The van der Waals surface area contributed by atoms with Crippen molar-refractivity contribution in [2.75, 3.05) is 0 Å². The minimum atomic E-state index is -3.67. The van der Waals surface area contributed by atoms with E-state index in [-0.39, 0.29) is 6.10 Å². The summed E-state index contributed by atoms with van der Waals surface area (Å²) in [5.74, 6) is 0. The van der Waals surface area contributed by atoms with Crippen molar-refractivity contribution >= 4 is 19.4 Å². The molecule has 0 radical (unpaired) electrons. The topological polar surface area (TPSA) is 43.4 Å². The van der Waals surface area contributed by atoms with Crippen molar-refractivity contribution in [2.45, 2.75) is 66.0 Å². The summed E-state index contributed by atoms with van der Waals surface area (Å²) in [4.78, 5) is 0. The van der Waals surface area contributed by atoms with Crippen LogP contribution in [0.15, 0.2) is 0 Å². The van der Waals surface area contributed by atoms with E-state index in [1.807, 2.05) is 41.5 Å². The lowest BCUT2D eigenvalue weighted by Gasteiger charge is -2.49. The Morgan fingerprint density at radius 2 is 1.24 bits per heavy atom. The average molecular weight is 282 g/mol. The summed E-state index contributed by atoms with van der Waals surface area (Å²) in [5.41, 5.74) is -0.882. The molecule has 104 valence electrons. The second-order valence-electron chi connectivity index (χ2n) is 6.83. The number of hydrogen-bond acceptors (Lipinski definition) is 3. The summed E-state index contributed by atoms with van der Waals surface area (Å²) < 4.78 is 29.2. The molecule has 0 aliphatic carbocycles. The van der Waals surface area contributed by atoms with Crippen LogP contribution in [0.1, 0.15) is 55.4 Å². The van der Waals surface area contributed by atoms with E-state index in [9.17, 15) is 8.42 Å². The summed E-state index contributed by atoms with van der Waals surface area (Å²) in [6, 6.07) is 0. The Balaban J connectivity index is 5.86. The van der Waals surface area contributed by atoms with E-state index in [1.54, 1.807) is 13.8 Å². The first-order valence-corrected chi connectivity index (χ1v) is 7.87. The molecule has 3 nitrogen and oxygen atoms in total. The van der Waals surface area contributed by atoms with Crippen LogP contribution in [0.25, 0.3) is 0 Å². The van der Waals surface area contributed by atoms with Gasteiger partial charge in [-0.05, 0) is 24.7 Å².